The first-order valence-corrected chi connectivity index (χ1v) is 12.3. The van der Waals surface area contributed by atoms with Crippen molar-refractivity contribution >= 4 is 17.8 Å². The summed E-state index contributed by atoms with van der Waals surface area (Å²) in [6.07, 6.45) is 3.07. The molecule has 0 amide bonds. The maximum absolute atomic E-state index is 9.47. The molecule has 0 radical (unpaired) electrons. The molecular weight excluding hydrogens is 418 g/mol. The molecule has 2 saturated heterocycles. The van der Waals surface area contributed by atoms with Crippen molar-refractivity contribution in [2.45, 2.75) is 39.2 Å². The van der Waals surface area contributed by atoms with Gasteiger partial charge in [0, 0.05) is 51.9 Å². The fraction of sp³-hybridized carbons (Fsp3) is 0.625. The SMILES string of the molecule is CCN(CC)c1nc(NCCc2ccc(O)cc2)nc(N2CCC(N3CCOCC3)CC2)n1. The summed E-state index contributed by atoms with van der Waals surface area (Å²) < 4.78 is 5.51. The van der Waals surface area contributed by atoms with Gasteiger partial charge in [-0.15, -0.1) is 0 Å². The van der Waals surface area contributed by atoms with Gasteiger partial charge in [-0.2, -0.15) is 15.0 Å². The Morgan fingerprint density at radius 2 is 1.70 bits per heavy atom. The van der Waals surface area contributed by atoms with Crippen molar-refractivity contribution in [3.8, 4) is 5.75 Å². The number of rotatable bonds is 9. The van der Waals surface area contributed by atoms with Crippen LogP contribution in [0.2, 0.25) is 0 Å². The first kappa shape index (κ1) is 23.5. The number of benzene rings is 1. The van der Waals surface area contributed by atoms with E-state index in [4.69, 9.17) is 19.7 Å². The molecule has 0 bridgehead atoms. The molecule has 2 N–H and O–H groups in total. The Morgan fingerprint density at radius 3 is 2.36 bits per heavy atom. The van der Waals surface area contributed by atoms with E-state index in [9.17, 15) is 5.11 Å². The Bertz CT molecular complexity index is 862. The van der Waals surface area contributed by atoms with Crippen molar-refractivity contribution in [1.29, 1.82) is 0 Å². The first-order valence-electron chi connectivity index (χ1n) is 12.3. The molecule has 1 aromatic heterocycles. The van der Waals surface area contributed by atoms with Crippen LogP contribution >= 0.6 is 0 Å². The van der Waals surface area contributed by atoms with E-state index in [1.807, 2.05) is 12.1 Å². The predicted molar refractivity (Wildman–Crippen MR) is 131 cm³/mol. The van der Waals surface area contributed by atoms with Gasteiger partial charge in [-0.25, -0.2) is 0 Å². The summed E-state index contributed by atoms with van der Waals surface area (Å²) in [7, 11) is 0. The van der Waals surface area contributed by atoms with Crippen LogP contribution in [0.1, 0.15) is 32.3 Å². The highest BCUT2D eigenvalue weighted by Gasteiger charge is 2.27. The maximum atomic E-state index is 9.47. The number of phenols is 1. The summed E-state index contributed by atoms with van der Waals surface area (Å²) in [5, 5.41) is 12.9. The largest absolute Gasteiger partial charge is 0.508 e. The number of ether oxygens (including phenoxy) is 1. The van der Waals surface area contributed by atoms with E-state index in [2.05, 4.69) is 33.9 Å². The quantitative estimate of drug-likeness (QED) is 0.591. The summed E-state index contributed by atoms with van der Waals surface area (Å²) in [6, 6.07) is 7.94. The van der Waals surface area contributed by atoms with Gasteiger partial charge in [-0.3, -0.25) is 4.90 Å². The standard InChI is InChI=1S/C24H37N7O2/c1-3-29(4-2)23-26-22(25-12-9-19-5-7-21(32)8-6-19)27-24(28-23)31-13-10-20(11-14-31)30-15-17-33-18-16-30/h5-8,20,32H,3-4,9-18H2,1-2H3,(H,25,26,27,28). The molecular formula is C24H37N7O2. The van der Waals surface area contributed by atoms with Crippen molar-refractivity contribution in [2.75, 3.05) is 74.1 Å². The zero-order chi connectivity index (χ0) is 23.0. The second-order valence-electron chi connectivity index (χ2n) is 8.64. The van der Waals surface area contributed by atoms with Gasteiger partial charge in [0.2, 0.25) is 17.8 Å². The summed E-state index contributed by atoms with van der Waals surface area (Å²) >= 11 is 0. The molecule has 2 fully saturated rings. The summed E-state index contributed by atoms with van der Waals surface area (Å²) in [4.78, 5) is 21.4. The minimum Gasteiger partial charge on any atom is -0.508 e. The summed E-state index contributed by atoms with van der Waals surface area (Å²) in [6.45, 7) is 12.4. The molecule has 9 heteroatoms. The van der Waals surface area contributed by atoms with Crippen LogP contribution in [0.15, 0.2) is 24.3 Å². The third kappa shape index (κ3) is 6.23. The number of piperidine rings is 1. The lowest BCUT2D eigenvalue weighted by Gasteiger charge is -2.40. The average molecular weight is 456 g/mol. The highest BCUT2D eigenvalue weighted by atomic mass is 16.5. The zero-order valence-corrected chi connectivity index (χ0v) is 19.9. The van der Waals surface area contributed by atoms with E-state index in [0.717, 1.165) is 89.2 Å². The molecule has 2 aliphatic heterocycles. The lowest BCUT2D eigenvalue weighted by Crippen LogP contribution is -2.49. The molecule has 2 aromatic rings. The minimum atomic E-state index is 0.287. The van der Waals surface area contributed by atoms with Crippen LogP contribution in [0.25, 0.3) is 0 Å². The Kier molecular flexibility index (Phi) is 8.17. The summed E-state index contributed by atoms with van der Waals surface area (Å²) in [5.74, 6) is 2.40. The molecule has 0 atom stereocenters. The van der Waals surface area contributed by atoms with Crippen molar-refractivity contribution in [1.82, 2.24) is 19.9 Å². The van der Waals surface area contributed by atoms with Gasteiger partial charge in [-0.1, -0.05) is 12.1 Å². The van der Waals surface area contributed by atoms with Crippen LogP contribution < -0.4 is 15.1 Å². The molecule has 0 unspecified atom stereocenters. The van der Waals surface area contributed by atoms with Gasteiger partial charge in [0.25, 0.3) is 0 Å². The number of nitrogens with one attached hydrogen (secondary N) is 1. The number of aromatic hydroxyl groups is 1. The number of aromatic nitrogens is 3. The molecule has 180 valence electrons. The second kappa shape index (κ2) is 11.5. The molecule has 1 aromatic carbocycles. The number of anilines is 3. The Hall–Kier alpha value is -2.65. The van der Waals surface area contributed by atoms with Gasteiger partial charge in [0.15, 0.2) is 0 Å². The Labute approximate surface area is 196 Å². The molecule has 0 aliphatic carbocycles. The van der Waals surface area contributed by atoms with Crippen molar-refractivity contribution in [3.63, 3.8) is 0 Å². The van der Waals surface area contributed by atoms with Crippen LogP contribution in [-0.4, -0.2) is 90.0 Å². The molecule has 0 spiro atoms. The molecule has 33 heavy (non-hydrogen) atoms. The average Bonchev–Trinajstić information content (AvgIpc) is 2.87. The lowest BCUT2D eigenvalue weighted by molar-refractivity contribution is 0.0114. The zero-order valence-electron chi connectivity index (χ0n) is 19.9. The fourth-order valence-corrected chi connectivity index (χ4v) is 4.58. The molecule has 4 rings (SSSR count). The van der Waals surface area contributed by atoms with E-state index < -0.39 is 0 Å². The monoisotopic (exact) mass is 455 g/mol. The van der Waals surface area contributed by atoms with Gasteiger partial charge >= 0.3 is 0 Å². The molecule has 9 nitrogen and oxygen atoms in total. The predicted octanol–water partition coefficient (Wildman–Crippen LogP) is 2.38. The van der Waals surface area contributed by atoms with Crippen LogP contribution in [0.4, 0.5) is 17.8 Å². The number of morpholine rings is 1. The van der Waals surface area contributed by atoms with Crippen molar-refractivity contribution < 1.29 is 9.84 Å². The van der Waals surface area contributed by atoms with Crippen molar-refractivity contribution in [2.24, 2.45) is 0 Å². The van der Waals surface area contributed by atoms with Gasteiger partial charge < -0.3 is 25.0 Å². The topological polar surface area (TPSA) is 89.9 Å². The third-order valence-electron chi connectivity index (χ3n) is 6.60. The van der Waals surface area contributed by atoms with Crippen molar-refractivity contribution in [3.05, 3.63) is 29.8 Å². The highest BCUT2D eigenvalue weighted by Crippen LogP contribution is 2.23. The Balaban J connectivity index is 1.42. The van der Waals surface area contributed by atoms with Gasteiger partial charge in [0.05, 0.1) is 13.2 Å². The first-order chi connectivity index (χ1) is 16.2. The maximum Gasteiger partial charge on any atom is 0.231 e. The lowest BCUT2D eigenvalue weighted by atomic mass is 10.0. The normalized spacial score (nSPS) is 17.8. The molecule has 2 aliphatic rings. The number of nitrogens with zero attached hydrogens (tertiary/aromatic N) is 6. The van der Waals surface area contributed by atoms with Gasteiger partial charge in [0.1, 0.15) is 5.75 Å². The van der Waals surface area contributed by atoms with Crippen LogP contribution in [0.5, 0.6) is 5.75 Å². The number of phenolic OH excluding ortho intramolecular Hbond substituents is 1. The molecule has 3 heterocycles. The fourth-order valence-electron chi connectivity index (χ4n) is 4.58. The number of hydrogen-bond donors (Lipinski definition) is 2. The Morgan fingerprint density at radius 1 is 1.00 bits per heavy atom. The molecule has 0 saturated carbocycles. The van der Waals surface area contributed by atoms with E-state index in [1.54, 1.807) is 12.1 Å². The van der Waals surface area contributed by atoms with Crippen LogP contribution in [0, 0.1) is 0 Å². The van der Waals surface area contributed by atoms with E-state index in [-0.39, 0.29) is 5.75 Å². The minimum absolute atomic E-state index is 0.287. The summed E-state index contributed by atoms with van der Waals surface area (Å²) in [5.41, 5.74) is 1.16. The van der Waals surface area contributed by atoms with Gasteiger partial charge in [-0.05, 0) is 50.8 Å². The van der Waals surface area contributed by atoms with Crippen LogP contribution in [0.3, 0.4) is 0 Å². The smallest absolute Gasteiger partial charge is 0.231 e. The van der Waals surface area contributed by atoms with E-state index >= 15 is 0 Å². The highest BCUT2D eigenvalue weighted by molar-refractivity contribution is 5.45. The van der Waals surface area contributed by atoms with Crippen LogP contribution in [-0.2, 0) is 11.2 Å². The van der Waals surface area contributed by atoms with E-state index in [0.29, 0.717) is 18.5 Å². The number of hydrogen-bond acceptors (Lipinski definition) is 9. The van der Waals surface area contributed by atoms with E-state index in [1.165, 1.54) is 0 Å². The second-order valence-corrected chi connectivity index (χ2v) is 8.64. The third-order valence-corrected chi connectivity index (χ3v) is 6.60.